The van der Waals surface area contributed by atoms with Crippen molar-refractivity contribution >= 4 is 23.9 Å². The lowest BCUT2D eigenvalue weighted by atomic mass is 9.83. The molecule has 0 aromatic carbocycles. The van der Waals surface area contributed by atoms with Gasteiger partial charge in [-0.15, -0.1) is 0 Å². The van der Waals surface area contributed by atoms with Gasteiger partial charge in [0, 0.05) is 0 Å². The fourth-order valence-electron chi connectivity index (χ4n) is 5.82. The SMILES string of the molecule is Cc1nc(C)c(C)nc1C.O=C(O)[C@@H]1[C@H](C(=O)O)[C@@H]2C=C[C@H]1C2.O=C(O)[C@@H]1[C@H](C(=O)O)[C@@H]2C=C[C@H]1C2. The van der Waals surface area contributed by atoms with Crippen molar-refractivity contribution in [2.45, 2.75) is 40.5 Å². The van der Waals surface area contributed by atoms with E-state index in [4.69, 9.17) is 20.4 Å². The summed E-state index contributed by atoms with van der Waals surface area (Å²) in [5.41, 5.74) is 4.12. The van der Waals surface area contributed by atoms with Crippen LogP contribution in [0, 0.1) is 75.0 Å². The number of carbonyl (C=O) groups is 4. The first kappa shape index (κ1) is 27.0. The van der Waals surface area contributed by atoms with Crippen molar-refractivity contribution in [2.24, 2.45) is 47.3 Å². The molecule has 8 atom stereocenters. The van der Waals surface area contributed by atoms with E-state index in [2.05, 4.69) is 9.97 Å². The quantitative estimate of drug-likeness (QED) is 0.450. The highest BCUT2D eigenvalue weighted by molar-refractivity contribution is 5.83. The summed E-state index contributed by atoms with van der Waals surface area (Å²) in [4.78, 5) is 51.9. The highest BCUT2D eigenvalue weighted by Gasteiger charge is 2.52. The second kappa shape index (κ2) is 10.6. The summed E-state index contributed by atoms with van der Waals surface area (Å²) >= 11 is 0. The predicted molar refractivity (Wildman–Crippen MR) is 127 cm³/mol. The number of carboxylic acids is 4. The zero-order chi connectivity index (χ0) is 26.9. The fraction of sp³-hybridized carbons (Fsp3) is 0.538. The highest BCUT2D eigenvalue weighted by atomic mass is 16.4. The molecule has 2 fully saturated rings. The van der Waals surface area contributed by atoms with Gasteiger partial charge in [0.25, 0.3) is 0 Å². The van der Waals surface area contributed by atoms with Gasteiger partial charge in [0.15, 0.2) is 0 Å². The van der Waals surface area contributed by atoms with E-state index in [-0.39, 0.29) is 23.7 Å². The van der Waals surface area contributed by atoms with Crippen LogP contribution in [0.15, 0.2) is 24.3 Å². The Morgan fingerprint density at radius 1 is 0.528 bits per heavy atom. The smallest absolute Gasteiger partial charge is 0.307 e. The molecule has 1 aromatic heterocycles. The lowest BCUT2D eigenvalue weighted by Gasteiger charge is -2.20. The van der Waals surface area contributed by atoms with Crippen LogP contribution in [-0.4, -0.2) is 54.3 Å². The molecule has 4 aliphatic rings. The molecule has 5 rings (SSSR count). The van der Waals surface area contributed by atoms with Crippen LogP contribution in [0.5, 0.6) is 0 Å². The Bertz CT molecular complexity index is 961. The van der Waals surface area contributed by atoms with Crippen molar-refractivity contribution in [1.82, 2.24) is 9.97 Å². The molecule has 4 N–H and O–H groups in total. The van der Waals surface area contributed by atoms with Gasteiger partial charge in [-0.2, -0.15) is 0 Å². The molecular formula is C26H32N2O8. The molecule has 4 aliphatic carbocycles. The zero-order valence-electron chi connectivity index (χ0n) is 20.7. The molecule has 0 radical (unpaired) electrons. The molecule has 2 saturated carbocycles. The van der Waals surface area contributed by atoms with Crippen molar-refractivity contribution in [3.63, 3.8) is 0 Å². The number of aryl methyl sites for hydroxylation is 4. The van der Waals surface area contributed by atoms with E-state index in [1.54, 1.807) is 0 Å². The van der Waals surface area contributed by atoms with Gasteiger partial charge in [-0.25, -0.2) is 0 Å². The monoisotopic (exact) mass is 500 g/mol. The minimum absolute atomic E-state index is 0.0661. The van der Waals surface area contributed by atoms with Crippen LogP contribution in [0.1, 0.15) is 35.6 Å². The van der Waals surface area contributed by atoms with E-state index in [0.29, 0.717) is 12.8 Å². The Morgan fingerprint density at radius 2 is 0.722 bits per heavy atom. The normalized spacial score (nSPS) is 32.3. The molecule has 36 heavy (non-hydrogen) atoms. The Labute approximate surface area is 208 Å². The summed E-state index contributed by atoms with van der Waals surface area (Å²) in [6, 6.07) is 0. The maximum absolute atomic E-state index is 10.8. The van der Waals surface area contributed by atoms with Crippen LogP contribution in [0.4, 0.5) is 0 Å². The molecule has 0 aliphatic heterocycles. The van der Waals surface area contributed by atoms with Gasteiger partial charge < -0.3 is 20.4 Å². The van der Waals surface area contributed by atoms with E-state index in [9.17, 15) is 19.2 Å². The molecule has 0 amide bonds. The number of nitrogens with zero attached hydrogens (tertiary/aromatic N) is 2. The van der Waals surface area contributed by atoms with Crippen molar-refractivity contribution < 1.29 is 39.6 Å². The number of rotatable bonds is 4. The van der Waals surface area contributed by atoms with Gasteiger partial charge >= 0.3 is 23.9 Å². The van der Waals surface area contributed by atoms with E-state index < -0.39 is 47.5 Å². The van der Waals surface area contributed by atoms with Gasteiger partial charge in [0.2, 0.25) is 0 Å². The molecule has 10 nitrogen and oxygen atoms in total. The van der Waals surface area contributed by atoms with Crippen molar-refractivity contribution in [2.75, 3.05) is 0 Å². The first-order valence-corrected chi connectivity index (χ1v) is 11.9. The summed E-state index contributed by atoms with van der Waals surface area (Å²) in [5, 5.41) is 35.4. The van der Waals surface area contributed by atoms with Crippen LogP contribution in [0.3, 0.4) is 0 Å². The number of allylic oxidation sites excluding steroid dienone is 4. The minimum Gasteiger partial charge on any atom is -0.481 e. The van der Waals surface area contributed by atoms with Gasteiger partial charge in [-0.1, -0.05) is 24.3 Å². The van der Waals surface area contributed by atoms with Gasteiger partial charge in [-0.3, -0.25) is 29.1 Å². The molecule has 10 heteroatoms. The third-order valence-electron chi connectivity index (χ3n) is 7.78. The van der Waals surface area contributed by atoms with E-state index in [0.717, 1.165) is 22.8 Å². The summed E-state index contributed by atoms with van der Waals surface area (Å²) in [7, 11) is 0. The maximum atomic E-state index is 10.8. The molecule has 194 valence electrons. The fourth-order valence-corrected chi connectivity index (χ4v) is 5.82. The van der Waals surface area contributed by atoms with E-state index in [1.165, 1.54) is 0 Å². The zero-order valence-corrected chi connectivity index (χ0v) is 20.7. The van der Waals surface area contributed by atoms with E-state index in [1.807, 2.05) is 52.0 Å². The Hall–Kier alpha value is -3.56. The number of carboxylic acid groups (broad SMARTS) is 4. The summed E-state index contributed by atoms with van der Waals surface area (Å²) < 4.78 is 0. The van der Waals surface area contributed by atoms with Crippen LogP contribution >= 0.6 is 0 Å². The molecule has 0 unspecified atom stereocenters. The summed E-state index contributed by atoms with van der Waals surface area (Å²) in [6.45, 7) is 7.92. The molecule has 4 bridgehead atoms. The second-order valence-corrected chi connectivity index (χ2v) is 9.92. The van der Waals surface area contributed by atoms with Crippen LogP contribution in [-0.2, 0) is 19.2 Å². The van der Waals surface area contributed by atoms with Gasteiger partial charge in [0.05, 0.1) is 46.4 Å². The van der Waals surface area contributed by atoms with Crippen molar-refractivity contribution in [3.05, 3.63) is 47.1 Å². The molecular weight excluding hydrogens is 468 g/mol. The number of aromatic nitrogens is 2. The predicted octanol–water partition coefficient (Wildman–Crippen LogP) is 2.90. The van der Waals surface area contributed by atoms with Crippen LogP contribution < -0.4 is 0 Å². The van der Waals surface area contributed by atoms with Crippen molar-refractivity contribution in [3.8, 4) is 0 Å². The number of hydrogen-bond donors (Lipinski definition) is 4. The summed E-state index contributed by atoms with van der Waals surface area (Å²) in [6.07, 6.45) is 8.72. The first-order valence-electron chi connectivity index (χ1n) is 11.9. The number of aliphatic carboxylic acids is 4. The molecule has 0 saturated heterocycles. The van der Waals surface area contributed by atoms with Crippen molar-refractivity contribution in [1.29, 1.82) is 0 Å². The lowest BCUT2D eigenvalue weighted by molar-refractivity contribution is -0.154. The van der Waals surface area contributed by atoms with E-state index >= 15 is 0 Å². The minimum atomic E-state index is -0.982. The largest absolute Gasteiger partial charge is 0.481 e. The lowest BCUT2D eigenvalue weighted by Crippen LogP contribution is -2.32. The standard InChI is InChI=1S/2C9H10O4.C8H12N2/c2*10-8(11)6-4-1-2-5(3-4)7(6)9(12)13;1-5-6(2)10-8(4)7(3)9-5/h2*1-2,4-7H,3H2,(H,10,11)(H,12,13);1-4H3/t2*4-,5+,6-,7+;. The maximum Gasteiger partial charge on any atom is 0.307 e. The first-order chi connectivity index (χ1) is 16.8. The second-order valence-electron chi connectivity index (χ2n) is 9.92. The summed E-state index contributed by atoms with van der Waals surface area (Å²) in [5.74, 6) is -7.05. The third kappa shape index (κ3) is 5.32. The Morgan fingerprint density at radius 3 is 0.889 bits per heavy atom. The molecule has 0 spiro atoms. The highest BCUT2D eigenvalue weighted by Crippen LogP contribution is 2.49. The van der Waals surface area contributed by atoms with Crippen LogP contribution in [0.2, 0.25) is 0 Å². The number of fused-ring (bicyclic) bond motifs is 4. The van der Waals surface area contributed by atoms with Crippen LogP contribution in [0.25, 0.3) is 0 Å². The third-order valence-corrected chi connectivity index (χ3v) is 7.78. The number of hydrogen-bond acceptors (Lipinski definition) is 6. The average molecular weight is 501 g/mol. The Kier molecular flexibility index (Phi) is 7.96. The van der Waals surface area contributed by atoms with Gasteiger partial charge in [0.1, 0.15) is 0 Å². The average Bonchev–Trinajstić information content (AvgIpc) is 3.58. The topological polar surface area (TPSA) is 175 Å². The molecule has 1 aromatic rings. The van der Waals surface area contributed by atoms with Gasteiger partial charge in [-0.05, 0) is 64.2 Å². The molecule has 1 heterocycles. The Balaban J connectivity index is 0.000000152.